The molecule has 3 fully saturated rings. The van der Waals surface area contributed by atoms with Crippen molar-refractivity contribution in [2.75, 3.05) is 31.1 Å². The van der Waals surface area contributed by atoms with E-state index in [1.165, 1.54) is 31.4 Å². The van der Waals surface area contributed by atoms with Crippen LogP contribution >= 0.6 is 12.2 Å². The molecule has 0 unspecified atom stereocenters. The van der Waals surface area contributed by atoms with E-state index in [4.69, 9.17) is 12.2 Å². The smallest absolute Gasteiger partial charge is 0.169 e. The number of thiocarbonyl (C=S) groups is 1. The first kappa shape index (κ1) is 15.1. The Balaban J connectivity index is 1.29. The van der Waals surface area contributed by atoms with Gasteiger partial charge in [0.1, 0.15) is 5.75 Å². The van der Waals surface area contributed by atoms with E-state index in [0.717, 1.165) is 43.1 Å². The molecular formula is C18H25N3OS. The van der Waals surface area contributed by atoms with E-state index < -0.39 is 0 Å². The van der Waals surface area contributed by atoms with Crippen LogP contribution in [-0.4, -0.2) is 47.3 Å². The molecule has 1 aromatic rings. The zero-order chi connectivity index (χ0) is 15.8. The third-order valence-electron chi connectivity index (χ3n) is 5.83. The highest BCUT2D eigenvalue weighted by atomic mass is 32.1. The van der Waals surface area contributed by atoms with Gasteiger partial charge in [-0.2, -0.15) is 0 Å². The average Bonchev–Trinajstić information content (AvgIpc) is 3.18. The van der Waals surface area contributed by atoms with Gasteiger partial charge in [0.2, 0.25) is 0 Å². The number of hydrogen-bond acceptors (Lipinski definition) is 3. The maximum Gasteiger partial charge on any atom is 0.169 e. The van der Waals surface area contributed by atoms with Crippen LogP contribution in [0.4, 0.5) is 5.69 Å². The third kappa shape index (κ3) is 3.11. The summed E-state index contributed by atoms with van der Waals surface area (Å²) in [6, 6.07) is 8.09. The van der Waals surface area contributed by atoms with Gasteiger partial charge in [-0.1, -0.05) is 6.42 Å². The predicted octanol–water partition coefficient (Wildman–Crippen LogP) is 2.58. The summed E-state index contributed by atoms with van der Waals surface area (Å²) in [5.74, 6) is 2.13. The summed E-state index contributed by atoms with van der Waals surface area (Å²) in [6.07, 6.45) is 5.55. The highest BCUT2D eigenvalue weighted by Gasteiger charge is 2.40. The zero-order valence-electron chi connectivity index (χ0n) is 13.4. The van der Waals surface area contributed by atoms with Gasteiger partial charge in [0.25, 0.3) is 0 Å². The van der Waals surface area contributed by atoms with Gasteiger partial charge in [0.15, 0.2) is 5.11 Å². The van der Waals surface area contributed by atoms with E-state index in [1.54, 1.807) is 12.1 Å². The van der Waals surface area contributed by atoms with Gasteiger partial charge in [0, 0.05) is 37.9 Å². The Bertz CT molecular complexity index is 568. The van der Waals surface area contributed by atoms with Crippen LogP contribution in [0, 0.1) is 11.8 Å². The van der Waals surface area contributed by atoms with Crippen molar-refractivity contribution in [1.82, 2.24) is 10.2 Å². The molecule has 2 aliphatic carbocycles. The SMILES string of the molecule is Oc1ccc(N2CCN(C(=S)N[C@@H]3C[C@H]4CC[C@@H]3C4)CC2)cc1. The summed E-state index contributed by atoms with van der Waals surface area (Å²) in [4.78, 5) is 4.67. The van der Waals surface area contributed by atoms with Crippen molar-refractivity contribution in [3.8, 4) is 5.75 Å². The Labute approximate surface area is 143 Å². The number of piperazine rings is 1. The fourth-order valence-electron chi connectivity index (χ4n) is 4.50. The monoisotopic (exact) mass is 331 g/mol. The Morgan fingerprint density at radius 3 is 2.39 bits per heavy atom. The number of aromatic hydroxyl groups is 1. The van der Waals surface area contributed by atoms with Gasteiger partial charge in [0.05, 0.1) is 0 Å². The second-order valence-electron chi connectivity index (χ2n) is 7.22. The highest BCUT2D eigenvalue weighted by Crippen LogP contribution is 2.44. The van der Waals surface area contributed by atoms with Crippen LogP contribution in [-0.2, 0) is 0 Å². The number of phenolic OH excluding ortho intramolecular Hbond substituents is 1. The summed E-state index contributed by atoms with van der Waals surface area (Å²) < 4.78 is 0. The number of phenols is 1. The number of anilines is 1. The molecule has 0 amide bonds. The zero-order valence-corrected chi connectivity index (χ0v) is 14.3. The lowest BCUT2D eigenvalue weighted by molar-refractivity contribution is 0.345. The van der Waals surface area contributed by atoms with Crippen molar-refractivity contribution in [2.24, 2.45) is 11.8 Å². The molecule has 1 heterocycles. The molecule has 23 heavy (non-hydrogen) atoms. The normalized spacial score (nSPS) is 29.8. The van der Waals surface area contributed by atoms with E-state index in [2.05, 4.69) is 15.1 Å². The van der Waals surface area contributed by atoms with Gasteiger partial charge in [-0.05, 0) is 67.6 Å². The molecule has 3 aliphatic rings. The van der Waals surface area contributed by atoms with Crippen LogP contribution in [0.3, 0.4) is 0 Å². The first-order valence-electron chi connectivity index (χ1n) is 8.78. The molecule has 0 spiro atoms. The minimum atomic E-state index is 0.323. The largest absolute Gasteiger partial charge is 0.508 e. The van der Waals surface area contributed by atoms with Crippen LogP contribution in [0.1, 0.15) is 25.7 Å². The summed E-state index contributed by atoms with van der Waals surface area (Å²) in [7, 11) is 0. The Kier molecular flexibility index (Phi) is 4.05. The van der Waals surface area contributed by atoms with Crippen LogP contribution in [0.15, 0.2) is 24.3 Å². The maximum absolute atomic E-state index is 9.40. The van der Waals surface area contributed by atoms with Crippen LogP contribution in [0.5, 0.6) is 5.75 Å². The fraction of sp³-hybridized carbons (Fsp3) is 0.611. The van der Waals surface area contributed by atoms with E-state index >= 15 is 0 Å². The molecule has 3 atom stereocenters. The Hall–Kier alpha value is -1.49. The molecule has 0 aromatic heterocycles. The number of hydrogen-bond donors (Lipinski definition) is 2. The van der Waals surface area contributed by atoms with Crippen molar-refractivity contribution in [2.45, 2.75) is 31.7 Å². The fourth-order valence-corrected chi connectivity index (χ4v) is 4.84. The van der Waals surface area contributed by atoms with Crippen molar-refractivity contribution in [1.29, 1.82) is 0 Å². The standard InChI is InChI=1S/C18H25N3OS/c22-16-5-3-15(4-6-16)20-7-9-21(10-8-20)18(23)19-17-12-13-1-2-14(17)11-13/h3-6,13-14,17,22H,1-2,7-12H2,(H,19,23)/t13-,14+,17+/m0/s1. The molecule has 4 nitrogen and oxygen atoms in total. The Morgan fingerprint density at radius 1 is 1.04 bits per heavy atom. The molecule has 1 aromatic carbocycles. The van der Waals surface area contributed by atoms with Crippen molar-refractivity contribution >= 4 is 23.0 Å². The predicted molar refractivity (Wildman–Crippen MR) is 96.9 cm³/mol. The minimum Gasteiger partial charge on any atom is -0.508 e. The number of benzene rings is 1. The quantitative estimate of drug-likeness (QED) is 0.815. The molecule has 0 radical (unpaired) electrons. The molecular weight excluding hydrogens is 306 g/mol. The summed E-state index contributed by atoms with van der Waals surface area (Å²) in [6.45, 7) is 3.88. The number of nitrogens with zero attached hydrogens (tertiary/aromatic N) is 2. The van der Waals surface area contributed by atoms with Crippen molar-refractivity contribution < 1.29 is 5.11 Å². The topological polar surface area (TPSA) is 38.7 Å². The first-order valence-corrected chi connectivity index (χ1v) is 9.19. The summed E-state index contributed by atoms with van der Waals surface area (Å²) in [5.41, 5.74) is 1.18. The highest BCUT2D eigenvalue weighted by molar-refractivity contribution is 7.80. The molecule has 2 N–H and O–H groups in total. The number of rotatable bonds is 2. The van der Waals surface area contributed by atoms with E-state index in [0.29, 0.717) is 11.8 Å². The number of fused-ring (bicyclic) bond motifs is 2. The minimum absolute atomic E-state index is 0.323. The van der Waals surface area contributed by atoms with Crippen molar-refractivity contribution in [3.05, 3.63) is 24.3 Å². The second kappa shape index (κ2) is 6.19. The summed E-state index contributed by atoms with van der Waals surface area (Å²) >= 11 is 5.66. The average molecular weight is 331 g/mol. The van der Waals surface area contributed by atoms with Crippen molar-refractivity contribution in [3.63, 3.8) is 0 Å². The summed E-state index contributed by atoms with van der Waals surface area (Å²) in [5, 5.41) is 14.0. The van der Waals surface area contributed by atoms with Gasteiger partial charge in [-0.3, -0.25) is 0 Å². The maximum atomic E-state index is 9.40. The van der Waals surface area contributed by atoms with Gasteiger partial charge >= 0.3 is 0 Å². The molecule has 1 saturated heterocycles. The Morgan fingerprint density at radius 2 is 1.78 bits per heavy atom. The van der Waals surface area contributed by atoms with Crippen LogP contribution in [0.25, 0.3) is 0 Å². The van der Waals surface area contributed by atoms with Gasteiger partial charge in [-0.25, -0.2) is 0 Å². The van der Waals surface area contributed by atoms with Gasteiger partial charge in [-0.15, -0.1) is 0 Å². The van der Waals surface area contributed by atoms with Gasteiger partial charge < -0.3 is 20.2 Å². The first-order chi connectivity index (χ1) is 11.2. The molecule has 1 aliphatic heterocycles. The van der Waals surface area contributed by atoms with Crippen LogP contribution in [0.2, 0.25) is 0 Å². The van der Waals surface area contributed by atoms with E-state index in [1.807, 2.05) is 12.1 Å². The lowest BCUT2D eigenvalue weighted by atomic mass is 9.95. The molecule has 5 heteroatoms. The molecule has 4 rings (SSSR count). The molecule has 2 saturated carbocycles. The van der Waals surface area contributed by atoms with E-state index in [9.17, 15) is 5.11 Å². The lowest BCUT2D eigenvalue weighted by Crippen LogP contribution is -2.54. The molecule has 2 bridgehead atoms. The second-order valence-corrected chi connectivity index (χ2v) is 7.61. The van der Waals surface area contributed by atoms with Crippen LogP contribution < -0.4 is 10.2 Å². The van der Waals surface area contributed by atoms with E-state index in [-0.39, 0.29) is 0 Å². The third-order valence-corrected chi connectivity index (χ3v) is 6.20. The lowest BCUT2D eigenvalue weighted by Gasteiger charge is -2.38. The number of nitrogens with one attached hydrogen (secondary N) is 1. The molecule has 124 valence electrons.